The maximum Gasteiger partial charge on any atom is 0.307 e. The molecule has 0 atom stereocenters. The van der Waals surface area contributed by atoms with Gasteiger partial charge in [0.05, 0.1) is 49.4 Å². The smallest absolute Gasteiger partial charge is 0.307 e. The molecule has 42 heavy (non-hydrogen) atoms. The number of amides is 1. The standard InChI is InChI=1S/C32H30ClN5O4/c1-2-42-31(40)12-14-38-29-11-10-26(33)17-27(29)28(36-38)20-35-32(41)25-16-24(18-34-19-25)15-22-6-8-23(9-7-22)21-37-13-4-3-5-30(37)39/h3-11,13,16-19H,2,12,14-15,20-21H2,1H3,(H,35,41). The monoisotopic (exact) mass is 583 g/mol. The first kappa shape index (κ1) is 28.8. The molecule has 0 radical (unpaired) electrons. The van der Waals surface area contributed by atoms with E-state index in [1.807, 2.05) is 42.5 Å². The molecule has 10 heteroatoms. The van der Waals surface area contributed by atoms with Gasteiger partial charge in [0.25, 0.3) is 11.5 Å². The molecule has 5 aromatic rings. The number of benzene rings is 2. The van der Waals surface area contributed by atoms with Crippen LogP contribution in [0.1, 0.15) is 46.1 Å². The summed E-state index contributed by atoms with van der Waals surface area (Å²) in [5.74, 6) is -0.568. The maximum atomic E-state index is 13.1. The SMILES string of the molecule is CCOC(=O)CCn1nc(CNC(=O)c2cncc(Cc3ccc(Cn4ccccc4=O)cc3)c2)c2cc(Cl)ccc21. The van der Waals surface area contributed by atoms with Crippen molar-refractivity contribution < 1.29 is 14.3 Å². The van der Waals surface area contributed by atoms with Crippen LogP contribution in [0.25, 0.3) is 10.9 Å². The molecule has 0 bridgehead atoms. The van der Waals surface area contributed by atoms with Crippen LogP contribution in [0, 0.1) is 0 Å². The predicted octanol–water partition coefficient (Wildman–Crippen LogP) is 4.77. The van der Waals surface area contributed by atoms with Crippen molar-refractivity contribution in [2.75, 3.05) is 6.61 Å². The highest BCUT2D eigenvalue weighted by molar-refractivity contribution is 6.31. The zero-order valence-corrected chi connectivity index (χ0v) is 23.9. The van der Waals surface area contributed by atoms with Crippen LogP contribution >= 0.6 is 11.6 Å². The molecule has 9 nitrogen and oxygen atoms in total. The Hall–Kier alpha value is -4.76. The quantitative estimate of drug-likeness (QED) is 0.224. The van der Waals surface area contributed by atoms with Gasteiger partial charge in [0.15, 0.2) is 0 Å². The van der Waals surface area contributed by atoms with E-state index in [4.69, 9.17) is 16.3 Å². The van der Waals surface area contributed by atoms with E-state index in [1.54, 1.807) is 52.8 Å². The molecule has 0 saturated carbocycles. The lowest BCUT2D eigenvalue weighted by Crippen LogP contribution is -2.23. The van der Waals surface area contributed by atoms with Crippen molar-refractivity contribution in [1.29, 1.82) is 0 Å². The summed E-state index contributed by atoms with van der Waals surface area (Å²) in [7, 11) is 0. The van der Waals surface area contributed by atoms with Gasteiger partial charge < -0.3 is 14.6 Å². The minimum Gasteiger partial charge on any atom is -0.466 e. The second-order valence-electron chi connectivity index (χ2n) is 9.81. The molecule has 3 heterocycles. The van der Waals surface area contributed by atoms with Crippen LogP contribution in [0.15, 0.2) is 90.1 Å². The summed E-state index contributed by atoms with van der Waals surface area (Å²) in [6.07, 6.45) is 5.84. The molecular formula is C32H30ClN5O4. The average molecular weight is 584 g/mol. The van der Waals surface area contributed by atoms with Gasteiger partial charge in [-0.25, -0.2) is 0 Å². The van der Waals surface area contributed by atoms with Crippen molar-refractivity contribution >= 4 is 34.4 Å². The van der Waals surface area contributed by atoms with Crippen LogP contribution in [-0.4, -0.2) is 37.8 Å². The van der Waals surface area contributed by atoms with Gasteiger partial charge in [0.1, 0.15) is 0 Å². The van der Waals surface area contributed by atoms with Gasteiger partial charge in [-0.2, -0.15) is 5.10 Å². The fraction of sp³-hybridized carbons (Fsp3) is 0.219. The number of carbonyl (C=O) groups excluding carboxylic acids is 2. The van der Waals surface area contributed by atoms with Crippen molar-refractivity contribution in [2.45, 2.75) is 39.4 Å². The Labute approximate surface area is 247 Å². The third-order valence-electron chi connectivity index (χ3n) is 6.78. The lowest BCUT2D eigenvalue weighted by molar-refractivity contribution is -0.143. The van der Waals surface area contributed by atoms with Crippen LogP contribution in [0.2, 0.25) is 5.02 Å². The first-order valence-corrected chi connectivity index (χ1v) is 14.0. The van der Waals surface area contributed by atoms with Crippen LogP contribution < -0.4 is 10.9 Å². The normalized spacial score (nSPS) is 11.0. The number of rotatable bonds is 11. The Morgan fingerprint density at radius 2 is 1.79 bits per heavy atom. The summed E-state index contributed by atoms with van der Waals surface area (Å²) in [6, 6.07) is 20.4. The second kappa shape index (κ2) is 13.3. The number of hydrogen-bond acceptors (Lipinski definition) is 6. The number of aromatic nitrogens is 4. The summed E-state index contributed by atoms with van der Waals surface area (Å²) in [4.78, 5) is 41.2. The molecule has 0 aliphatic heterocycles. The Kier molecular flexibility index (Phi) is 9.08. The zero-order valence-electron chi connectivity index (χ0n) is 23.1. The van der Waals surface area contributed by atoms with Crippen LogP contribution in [-0.2, 0) is 35.6 Å². The van der Waals surface area contributed by atoms with Gasteiger partial charge in [0, 0.05) is 35.1 Å². The van der Waals surface area contributed by atoms with E-state index in [0.717, 1.165) is 27.6 Å². The van der Waals surface area contributed by atoms with E-state index in [0.29, 0.717) is 42.4 Å². The highest BCUT2D eigenvalue weighted by Gasteiger charge is 2.15. The van der Waals surface area contributed by atoms with Gasteiger partial charge in [-0.05, 0) is 60.4 Å². The van der Waals surface area contributed by atoms with Gasteiger partial charge in [-0.1, -0.05) is 41.9 Å². The number of nitrogens with one attached hydrogen (secondary N) is 1. The molecule has 1 amide bonds. The molecule has 2 aromatic carbocycles. The van der Waals surface area contributed by atoms with E-state index in [9.17, 15) is 14.4 Å². The first-order valence-electron chi connectivity index (χ1n) is 13.7. The third-order valence-corrected chi connectivity index (χ3v) is 7.01. The average Bonchev–Trinajstić information content (AvgIpc) is 3.33. The van der Waals surface area contributed by atoms with E-state index < -0.39 is 0 Å². The molecule has 0 aliphatic rings. The van der Waals surface area contributed by atoms with Gasteiger partial charge in [-0.3, -0.25) is 24.0 Å². The van der Waals surface area contributed by atoms with E-state index in [-0.39, 0.29) is 30.4 Å². The minimum absolute atomic E-state index is 0.0397. The third kappa shape index (κ3) is 7.11. The van der Waals surface area contributed by atoms with Crippen molar-refractivity contribution in [3.8, 4) is 0 Å². The number of aryl methyl sites for hydroxylation is 1. The lowest BCUT2D eigenvalue weighted by Gasteiger charge is -2.08. The van der Waals surface area contributed by atoms with Gasteiger partial charge in [0.2, 0.25) is 0 Å². The molecule has 214 valence electrons. The Bertz CT molecular complexity index is 1780. The van der Waals surface area contributed by atoms with Gasteiger partial charge >= 0.3 is 5.97 Å². The topological polar surface area (TPSA) is 108 Å². The molecule has 0 unspecified atom stereocenters. The number of carbonyl (C=O) groups is 2. The zero-order chi connectivity index (χ0) is 29.5. The largest absolute Gasteiger partial charge is 0.466 e. The van der Waals surface area contributed by atoms with Crippen LogP contribution in [0.5, 0.6) is 0 Å². The molecular weight excluding hydrogens is 554 g/mol. The summed E-state index contributed by atoms with van der Waals surface area (Å²) in [5.41, 5.74) is 4.85. The number of ether oxygens (including phenoxy) is 1. The molecule has 1 N–H and O–H groups in total. The Balaban J connectivity index is 1.23. The summed E-state index contributed by atoms with van der Waals surface area (Å²) >= 11 is 6.24. The first-order chi connectivity index (χ1) is 20.4. The molecule has 0 fully saturated rings. The lowest BCUT2D eigenvalue weighted by atomic mass is 10.0. The fourth-order valence-corrected chi connectivity index (χ4v) is 4.88. The van der Waals surface area contributed by atoms with Gasteiger partial charge in [-0.15, -0.1) is 0 Å². The van der Waals surface area contributed by atoms with E-state index in [1.165, 1.54) is 6.20 Å². The molecule has 0 saturated heterocycles. The van der Waals surface area contributed by atoms with Crippen LogP contribution in [0.3, 0.4) is 0 Å². The Morgan fingerprint density at radius 1 is 0.976 bits per heavy atom. The van der Waals surface area contributed by atoms with Crippen molar-refractivity contribution in [3.05, 3.63) is 129 Å². The molecule has 3 aromatic heterocycles. The number of fused-ring (bicyclic) bond motifs is 1. The summed E-state index contributed by atoms with van der Waals surface area (Å²) < 4.78 is 8.42. The number of hydrogen-bond donors (Lipinski definition) is 1. The predicted molar refractivity (Wildman–Crippen MR) is 160 cm³/mol. The van der Waals surface area contributed by atoms with E-state index >= 15 is 0 Å². The second-order valence-corrected chi connectivity index (χ2v) is 10.2. The number of nitrogens with zero attached hydrogens (tertiary/aromatic N) is 4. The minimum atomic E-state index is -0.294. The number of esters is 1. The van der Waals surface area contributed by atoms with Crippen molar-refractivity contribution in [2.24, 2.45) is 0 Å². The van der Waals surface area contributed by atoms with Crippen molar-refractivity contribution in [3.63, 3.8) is 0 Å². The fourth-order valence-electron chi connectivity index (χ4n) is 4.71. The molecule has 0 spiro atoms. The summed E-state index contributed by atoms with van der Waals surface area (Å²) in [5, 5.41) is 8.93. The molecule has 5 rings (SSSR count). The number of halogens is 1. The summed E-state index contributed by atoms with van der Waals surface area (Å²) in [6.45, 7) is 3.13. The Morgan fingerprint density at radius 3 is 2.57 bits per heavy atom. The van der Waals surface area contributed by atoms with E-state index in [2.05, 4.69) is 15.4 Å². The highest BCUT2D eigenvalue weighted by Crippen LogP contribution is 2.23. The highest BCUT2D eigenvalue weighted by atomic mass is 35.5. The molecule has 0 aliphatic carbocycles. The maximum absolute atomic E-state index is 13.1. The van der Waals surface area contributed by atoms with Crippen molar-refractivity contribution in [1.82, 2.24) is 24.6 Å². The van der Waals surface area contributed by atoms with Crippen LogP contribution in [0.4, 0.5) is 0 Å². The number of pyridine rings is 2.